The van der Waals surface area contributed by atoms with Gasteiger partial charge in [-0.3, -0.25) is 0 Å². The average Bonchev–Trinajstić information content (AvgIpc) is 2.45. The van der Waals surface area contributed by atoms with Crippen LogP contribution >= 0.6 is 0 Å². The Morgan fingerprint density at radius 1 is 1.05 bits per heavy atom. The fraction of sp³-hybridized carbons (Fsp3) is 0.706. The highest BCUT2D eigenvalue weighted by Gasteiger charge is 2.11. The average molecular weight is 275 g/mol. The number of anilines is 2. The van der Waals surface area contributed by atoms with E-state index in [2.05, 4.69) is 41.2 Å². The molecule has 0 bridgehead atoms. The zero-order valence-electron chi connectivity index (χ0n) is 13.1. The van der Waals surface area contributed by atoms with E-state index in [1.807, 2.05) is 6.20 Å². The Balaban J connectivity index is 1.92. The molecule has 0 aromatic carbocycles. The Bertz CT molecular complexity index is 362. The minimum absolute atomic E-state index is 0.636. The first-order valence-electron chi connectivity index (χ1n) is 8.31. The van der Waals surface area contributed by atoms with E-state index in [-0.39, 0.29) is 0 Å². The fourth-order valence-electron chi connectivity index (χ4n) is 3.04. The molecule has 0 unspecified atom stereocenters. The molecule has 1 N–H and O–H groups in total. The van der Waals surface area contributed by atoms with Gasteiger partial charge in [-0.2, -0.15) is 0 Å². The van der Waals surface area contributed by atoms with Crippen molar-refractivity contribution in [3.05, 3.63) is 18.3 Å². The van der Waals surface area contributed by atoms with Gasteiger partial charge in [-0.15, -0.1) is 0 Å². The van der Waals surface area contributed by atoms with Crippen molar-refractivity contribution in [1.82, 2.24) is 4.98 Å². The van der Waals surface area contributed by atoms with Crippen molar-refractivity contribution in [2.24, 2.45) is 0 Å². The summed E-state index contributed by atoms with van der Waals surface area (Å²) in [5.41, 5.74) is 1.17. The Labute approximate surface area is 123 Å². The van der Waals surface area contributed by atoms with Gasteiger partial charge in [0.25, 0.3) is 0 Å². The van der Waals surface area contributed by atoms with Crippen LogP contribution < -0.4 is 10.2 Å². The summed E-state index contributed by atoms with van der Waals surface area (Å²) in [5, 5.41) is 3.67. The van der Waals surface area contributed by atoms with Crippen molar-refractivity contribution in [3.63, 3.8) is 0 Å². The molecule has 0 spiro atoms. The van der Waals surface area contributed by atoms with Crippen LogP contribution in [-0.4, -0.2) is 24.1 Å². The van der Waals surface area contributed by atoms with Crippen LogP contribution in [0.4, 0.5) is 11.5 Å². The van der Waals surface area contributed by atoms with Crippen molar-refractivity contribution in [3.8, 4) is 0 Å². The molecule has 20 heavy (non-hydrogen) atoms. The van der Waals surface area contributed by atoms with Crippen LogP contribution in [0.1, 0.15) is 58.8 Å². The summed E-state index contributed by atoms with van der Waals surface area (Å²) in [6.07, 6.45) is 11.6. The van der Waals surface area contributed by atoms with Crippen molar-refractivity contribution in [2.45, 2.75) is 64.8 Å². The molecule has 1 saturated carbocycles. The third kappa shape index (κ3) is 4.39. The smallest absolute Gasteiger partial charge is 0.128 e. The second kappa shape index (κ2) is 8.13. The maximum atomic E-state index is 4.59. The molecule has 0 aliphatic heterocycles. The lowest BCUT2D eigenvalue weighted by Crippen LogP contribution is -2.23. The van der Waals surface area contributed by atoms with Gasteiger partial charge in [-0.05, 0) is 38.8 Å². The number of hydrogen-bond acceptors (Lipinski definition) is 3. The monoisotopic (exact) mass is 275 g/mol. The lowest BCUT2D eigenvalue weighted by molar-refractivity contribution is 0.471. The van der Waals surface area contributed by atoms with Crippen LogP contribution in [0, 0.1) is 0 Å². The SMILES string of the molecule is CCN(CC)c1ccc(NC2CCCCCCC2)cn1. The van der Waals surface area contributed by atoms with Crippen LogP contribution in [0.2, 0.25) is 0 Å². The summed E-state index contributed by atoms with van der Waals surface area (Å²) in [6, 6.07) is 4.95. The highest BCUT2D eigenvalue weighted by Crippen LogP contribution is 2.21. The van der Waals surface area contributed by atoms with E-state index in [0.717, 1.165) is 18.9 Å². The van der Waals surface area contributed by atoms with Gasteiger partial charge >= 0.3 is 0 Å². The van der Waals surface area contributed by atoms with E-state index in [1.54, 1.807) is 0 Å². The van der Waals surface area contributed by atoms with Gasteiger partial charge < -0.3 is 10.2 Å². The Morgan fingerprint density at radius 3 is 2.25 bits per heavy atom. The molecule has 1 aromatic heterocycles. The number of hydrogen-bond donors (Lipinski definition) is 1. The third-order valence-electron chi connectivity index (χ3n) is 4.31. The molecule has 1 heterocycles. The molecule has 0 saturated heterocycles. The van der Waals surface area contributed by atoms with E-state index < -0.39 is 0 Å². The molecule has 1 aliphatic carbocycles. The summed E-state index contributed by atoms with van der Waals surface area (Å²) in [5.74, 6) is 1.08. The fourth-order valence-corrected chi connectivity index (χ4v) is 3.04. The van der Waals surface area contributed by atoms with Crippen molar-refractivity contribution in [1.29, 1.82) is 0 Å². The molecular formula is C17H29N3. The largest absolute Gasteiger partial charge is 0.381 e. The van der Waals surface area contributed by atoms with Crippen LogP contribution in [0.5, 0.6) is 0 Å². The quantitative estimate of drug-likeness (QED) is 0.860. The highest BCUT2D eigenvalue weighted by molar-refractivity contribution is 5.49. The normalized spacial score (nSPS) is 17.3. The molecule has 3 heteroatoms. The summed E-state index contributed by atoms with van der Waals surface area (Å²) < 4.78 is 0. The van der Waals surface area contributed by atoms with Crippen molar-refractivity contribution in [2.75, 3.05) is 23.3 Å². The van der Waals surface area contributed by atoms with E-state index in [1.165, 1.54) is 50.6 Å². The molecule has 1 fully saturated rings. The van der Waals surface area contributed by atoms with Gasteiger partial charge in [0.05, 0.1) is 11.9 Å². The predicted molar refractivity (Wildman–Crippen MR) is 87.5 cm³/mol. The van der Waals surface area contributed by atoms with Crippen LogP contribution in [0.3, 0.4) is 0 Å². The molecule has 1 aliphatic rings. The van der Waals surface area contributed by atoms with Crippen LogP contribution in [0.15, 0.2) is 18.3 Å². The maximum absolute atomic E-state index is 4.59. The number of nitrogens with zero attached hydrogens (tertiary/aromatic N) is 2. The predicted octanol–water partition coefficient (Wildman–Crippen LogP) is 4.45. The first-order chi connectivity index (χ1) is 9.83. The summed E-state index contributed by atoms with van der Waals surface area (Å²) in [6.45, 7) is 6.37. The van der Waals surface area contributed by atoms with E-state index in [9.17, 15) is 0 Å². The van der Waals surface area contributed by atoms with Gasteiger partial charge in [0.2, 0.25) is 0 Å². The molecule has 1 aromatic rings. The second-order valence-corrected chi connectivity index (χ2v) is 5.76. The lowest BCUT2D eigenvalue weighted by Gasteiger charge is -2.23. The lowest BCUT2D eigenvalue weighted by atomic mass is 9.96. The Hall–Kier alpha value is -1.25. The minimum atomic E-state index is 0.636. The molecule has 2 rings (SSSR count). The van der Waals surface area contributed by atoms with Crippen LogP contribution in [-0.2, 0) is 0 Å². The van der Waals surface area contributed by atoms with Gasteiger partial charge in [0, 0.05) is 19.1 Å². The first-order valence-corrected chi connectivity index (χ1v) is 8.31. The summed E-state index contributed by atoms with van der Waals surface area (Å²) in [4.78, 5) is 6.87. The number of rotatable bonds is 5. The highest BCUT2D eigenvalue weighted by atomic mass is 15.2. The maximum Gasteiger partial charge on any atom is 0.128 e. The molecule has 0 amide bonds. The molecule has 112 valence electrons. The van der Waals surface area contributed by atoms with E-state index >= 15 is 0 Å². The number of nitrogens with one attached hydrogen (secondary N) is 1. The van der Waals surface area contributed by atoms with Crippen molar-refractivity contribution >= 4 is 11.5 Å². The van der Waals surface area contributed by atoms with Crippen molar-refractivity contribution < 1.29 is 0 Å². The van der Waals surface area contributed by atoms with E-state index in [4.69, 9.17) is 0 Å². The Kier molecular flexibility index (Phi) is 6.16. The zero-order chi connectivity index (χ0) is 14.2. The van der Waals surface area contributed by atoms with E-state index in [0.29, 0.717) is 6.04 Å². The van der Waals surface area contributed by atoms with Crippen LogP contribution in [0.25, 0.3) is 0 Å². The molecule has 3 nitrogen and oxygen atoms in total. The molecule has 0 radical (unpaired) electrons. The number of pyridine rings is 1. The molecule has 0 atom stereocenters. The van der Waals surface area contributed by atoms with Gasteiger partial charge in [-0.25, -0.2) is 4.98 Å². The Morgan fingerprint density at radius 2 is 1.70 bits per heavy atom. The first kappa shape index (κ1) is 15.1. The summed E-state index contributed by atoms with van der Waals surface area (Å²) >= 11 is 0. The standard InChI is InChI=1S/C17H29N3/c1-3-20(4-2)17-13-12-16(14-18-17)19-15-10-8-6-5-7-9-11-15/h12-15,19H,3-11H2,1-2H3. The third-order valence-corrected chi connectivity index (χ3v) is 4.31. The van der Waals surface area contributed by atoms with Gasteiger partial charge in [-0.1, -0.05) is 32.1 Å². The number of aromatic nitrogens is 1. The van der Waals surface area contributed by atoms with Gasteiger partial charge in [0.15, 0.2) is 0 Å². The zero-order valence-corrected chi connectivity index (χ0v) is 13.1. The minimum Gasteiger partial charge on any atom is -0.381 e. The topological polar surface area (TPSA) is 28.2 Å². The summed E-state index contributed by atoms with van der Waals surface area (Å²) in [7, 11) is 0. The molecular weight excluding hydrogens is 246 g/mol. The van der Waals surface area contributed by atoms with Gasteiger partial charge in [0.1, 0.15) is 5.82 Å². The second-order valence-electron chi connectivity index (χ2n) is 5.76.